The van der Waals surface area contributed by atoms with Gasteiger partial charge in [-0.1, -0.05) is 6.08 Å². The van der Waals surface area contributed by atoms with Crippen molar-refractivity contribution in [2.45, 2.75) is 6.92 Å². The Morgan fingerprint density at radius 3 is 1.25 bits per heavy atom. The van der Waals surface area contributed by atoms with Crippen LogP contribution in [-0.4, -0.2) is 9.55 Å². The lowest BCUT2D eigenvalue weighted by molar-refractivity contribution is 1.80. The molecule has 0 radical (unpaired) electrons. The Balaban J connectivity index is -0.00000000567. The lowest BCUT2D eigenvalue weighted by Crippen LogP contribution is -1.07. The van der Waals surface area contributed by atoms with Gasteiger partial charge in [0, 0.05) is 0 Å². The zero-order valence-electron chi connectivity index (χ0n) is 4.89. The second-order valence-corrected chi connectivity index (χ2v) is 0.408. The van der Waals surface area contributed by atoms with E-state index >= 15 is 0 Å². The number of allylic oxidation sites excluding steroid dienone is 1. The fourth-order valence-electron chi connectivity index (χ4n) is 0. The third-order valence-electron chi connectivity index (χ3n) is 0. The fraction of sp³-hybridized carbons (Fsp3) is 0.333. The molecule has 0 rings (SSSR count). The third kappa shape index (κ3) is 213. The molecule has 0 nitrogen and oxygen atoms in total. The first-order chi connectivity index (χ1) is 2.41. The molecule has 0 aromatic rings. The second kappa shape index (κ2) is 91.7. The first kappa shape index (κ1) is 35.4. The average molecular weight is 218 g/mol. The van der Waals surface area contributed by atoms with Crippen LogP contribution in [0.15, 0.2) is 12.7 Å². The van der Waals surface area contributed by atoms with Crippen LogP contribution in [0.2, 0.25) is 0 Å². The minimum atomic E-state index is 0. The number of hydrogen-bond donors (Lipinski definition) is 0. The Bertz CT molecular complexity index is 18.8. The van der Waals surface area contributed by atoms with Crippen molar-refractivity contribution in [2.24, 2.45) is 0 Å². The van der Waals surface area contributed by atoms with Gasteiger partial charge >= 0.3 is 0 Å². The van der Waals surface area contributed by atoms with E-state index in [2.05, 4.69) is 6.58 Å². The number of hydrogen-bond acceptors (Lipinski definition) is 0. The van der Waals surface area contributed by atoms with Crippen molar-refractivity contribution in [1.29, 1.82) is 0 Å². The lowest BCUT2D eigenvalue weighted by Gasteiger charge is -1.31. The largest absolute Gasteiger partial charge is 0.181 e. The van der Waals surface area contributed by atoms with E-state index in [4.69, 9.17) is 11.1 Å². The van der Waals surface area contributed by atoms with Gasteiger partial charge in [0.25, 0.3) is 0 Å². The van der Waals surface area contributed by atoms with Crippen molar-refractivity contribution >= 4 is 57.9 Å². The molecule has 0 fully saturated rings. The van der Waals surface area contributed by atoms with Gasteiger partial charge in [0.05, 0.1) is 0 Å². The Kier molecular flexibility index (Phi) is 406. The van der Waals surface area contributed by atoms with Crippen LogP contribution < -0.4 is 0 Å². The summed E-state index contributed by atoms with van der Waals surface area (Å²) in [5.74, 6) is 0. The smallest absolute Gasteiger partial charge is 0.109 e. The van der Waals surface area contributed by atoms with Crippen molar-refractivity contribution < 1.29 is 0 Å². The molecule has 0 aliphatic carbocycles. The van der Waals surface area contributed by atoms with Crippen LogP contribution in [0.1, 0.15) is 6.92 Å². The monoisotopic (exact) mass is 216 g/mol. The summed E-state index contributed by atoms with van der Waals surface area (Å²) in [5, 5.41) is 0. The van der Waals surface area contributed by atoms with E-state index in [0.717, 1.165) is 9.55 Å². The highest BCUT2D eigenvalue weighted by Crippen LogP contribution is 1.38. The molecule has 8 heavy (non-hydrogen) atoms. The molecule has 5 heteroatoms. The molecule has 0 aliphatic rings. The molecule has 0 aliphatic heterocycles. The van der Waals surface area contributed by atoms with Crippen LogP contribution in [0, 0.1) is 0 Å². The topological polar surface area (TPSA) is 0 Å². The van der Waals surface area contributed by atoms with E-state index in [1.807, 2.05) is 6.92 Å². The Hall–Kier alpha value is 1.12. The van der Waals surface area contributed by atoms with Crippen molar-refractivity contribution in [1.82, 2.24) is 0 Å². The molecule has 0 unspecified atom stereocenters. The summed E-state index contributed by atoms with van der Waals surface area (Å²) in [6.07, 6.45) is 1.75. The second-order valence-electron chi connectivity index (χ2n) is 0.408. The molecule has 0 aromatic heterocycles. The molecule has 0 saturated heterocycles. The minimum Gasteiger partial charge on any atom is -0.181 e. The van der Waals surface area contributed by atoms with Crippen molar-refractivity contribution in [3.63, 3.8) is 0 Å². The van der Waals surface area contributed by atoms with E-state index in [1.165, 1.54) is 0 Å². The number of rotatable bonds is 0. The minimum absolute atomic E-state index is 0. The van der Waals surface area contributed by atoms with Crippen molar-refractivity contribution in [3.05, 3.63) is 12.7 Å². The predicted octanol–water partition coefficient (Wildman–Crippen LogP) is 1.96. The van der Waals surface area contributed by atoms with Gasteiger partial charge in [0.15, 0.2) is 0 Å². The number of halogens is 4. The van der Waals surface area contributed by atoms with Gasteiger partial charge in [0.1, 0.15) is 9.55 Å². The van der Waals surface area contributed by atoms with Crippen molar-refractivity contribution in [3.8, 4) is 0 Å². The molecule has 0 N–H and O–H groups in total. The molecular formula is C3H12Cl4Si. The summed E-state index contributed by atoms with van der Waals surface area (Å²) < 4.78 is 0. The molecule has 0 atom stereocenters. The van der Waals surface area contributed by atoms with Crippen LogP contribution in [0.25, 0.3) is 0 Å². The molecule has 0 bridgehead atoms. The first-order valence-electron chi connectivity index (χ1n) is 1.36. The molecule has 0 amide bonds. The first-order valence-corrected chi connectivity index (χ1v) is 4.39. The Labute approximate surface area is 77.4 Å². The molecule has 0 aromatic carbocycles. The standard InChI is InChI=1S/C3H6.ClH3Si.3ClH/c1-3-2;1-2;;;/h3H,1H2,2H3;2H3;3*1H. The Morgan fingerprint density at radius 1 is 1.25 bits per heavy atom. The zero-order valence-corrected chi connectivity index (χ0v) is 10.1. The van der Waals surface area contributed by atoms with E-state index in [-0.39, 0.29) is 37.2 Å². The molecular weight excluding hydrogens is 206 g/mol. The summed E-state index contributed by atoms with van der Waals surface area (Å²) >= 11 is 4.78. The van der Waals surface area contributed by atoms with E-state index in [9.17, 15) is 0 Å². The van der Waals surface area contributed by atoms with Gasteiger partial charge in [-0.05, 0) is 6.92 Å². The summed E-state index contributed by atoms with van der Waals surface area (Å²) in [6, 6.07) is 0. The van der Waals surface area contributed by atoms with Crippen LogP contribution in [0.5, 0.6) is 0 Å². The van der Waals surface area contributed by atoms with Crippen LogP contribution in [-0.2, 0) is 0 Å². The van der Waals surface area contributed by atoms with Gasteiger partial charge in [-0.3, -0.25) is 0 Å². The van der Waals surface area contributed by atoms with Crippen LogP contribution >= 0.6 is 48.3 Å². The van der Waals surface area contributed by atoms with Crippen LogP contribution in [0.3, 0.4) is 0 Å². The van der Waals surface area contributed by atoms with Crippen molar-refractivity contribution in [2.75, 3.05) is 0 Å². The molecule has 0 heterocycles. The highest BCUT2D eigenvalue weighted by Gasteiger charge is 1.15. The maximum absolute atomic E-state index is 4.78. The third-order valence-corrected chi connectivity index (χ3v) is 0. The van der Waals surface area contributed by atoms with Gasteiger partial charge in [-0.15, -0.1) is 43.8 Å². The zero-order chi connectivity index (χ0) is 4.71. The summed E-state index contributed by atoms with van der Waals surface area (Å²) in [6.45, 7) is 5.25. The van der Waals surface area contributed by atoms with Gasteiger partial charge in [-0.25, -0.2) is 0 Å². The van der Waals surface area contributed by atoms with Gasteiger partial charge in [0.2, 0.25) is 0 Å². The lowest BCUT2D eigenvalue weighted by atomic mass is 10.8. The van der Waals surface area contributed by atoms with E-state index < -0.39 is 0 Å². The maximum Gasteiger partial charge on any atom is 0.109 e. The maximum atomic E-state index is 4.78. The summed E-state index contributed by atoms with van der Waals surface area (Å²) in [4.78, 5) is 0. The van der Waals surface area contributed by atoms with Gasteiger partial charge < -0.3 is 0 Å². The summed E-state index contributed by atoms with van der Waals surface area (Å²) in [5.41, 5.74) is 0. The normalized spacial score (nSPS) is 2.75. The predicted molar refractivity (Wildman–Crippen MR) is 53.4 cm³/mol. The average Bonchev–Trinajstić information content (AvgIpc) is 1.46. The Morgan fingerprint density at radius 2 is 1.25 bits per heavy atom. The van der Waals surface area contributed by atoms with Gasteiger partial charge in [-0.2, -0.15) is 11.1 Å². The highest BCUT2D eigenvalue weighted by atomic mass is 35.6. The molecule has 0 spiro atoms. The fourth-order valence-corrected chi connectivity index (χ4v) is 0. The van der Waals surface area contributed by atoms with E-state index in [0.29, 0.717) is 0 Å². The summed E-state index contributed by atoms with van der Waals surface area (Å²) in [7, 11) is 0.778. The SMILES string of the molecule is C=CC.Cl.Cl.Cl.[SiH3]Cl. The quantitative estimate of drug-likeness (QED) is 0.331. The van der Waals surface area contributed by atoms with Crippen LogP contribution in [0.4, 0.5) is 0 Å². The highest BCUT2D eigenvalue weighted by molar-refractivity contribution is 6.80. The molecule has 0 saturated carbocycles. The van der Waals surface area contributed by atoms with E-state index in [1.54, 1.807) is 6.08 Å². The molecule has 56 valence electrons.